The van der Waals surface area contributed by atoms with Gasteiger partial charge < -0.3 is 10.1 Å². The van der Waals surface area contributed by atoms with Crippen LogP contribution in [-0.4, -0.2) is 41.7 Å². The monoisotopic (exact) mass is 417 g/mol. The second-order valence-corrected chi connectivity index (χ2v) is 9.88. The van der Waals surface area contributed by atoms with Crippen LogP contribution >= 0.6 is 11.3 Å². The van der Waals surface area contributed by atoms with Gasteiger partial charge in [0.05, 0.1) is 6.54 Å². The van der Waals surface area contributed by atoms with E-state index >= 15 is 0 Å². The van der Waals surface area contributed by atoms with Crippen molar-refractivity contribution in [1.29, 1.82) is 0 Å². The molecule has 4 rings (SSSR count). The second-order valence-electron chi connectivity index (χ2n) is 8.76. The van der Waals surface area contributed by atoms with E-state index in [4.69, 9.17) is 4.74 Å². The Hall–Kier alpha value is -1.99. The van der Waals surface area contributed by atoms with E-state index in [1.165, 1.54) is 23.0 Å². The first-order valence-electron chi connectivity index (χ1n) is 10.2. The zero-order valence-corrected chi connectivity index (χ0v) is 18.0. The summed E-state index contributed by atoms with van der Waals surface area (Å²) in [4.78, 5) is 19.8. The van der Waals surface area contributed by atoms with Crippen molar-refractivity contribution < 1.29 is 13.9 Å². The Morgan fingerprint density at radius 1 is 1.38 bits per heavy atom. The molecule has 1 amide bonds. The minimum Gasteiger partial charge on any atom is -0.444 e. The molecule has 2 aromatic heterocycles. The Labute approximate surface area is 175 Å². The summed E-state index contributed by atoms with van der Waals surface area (Å²) in [6.07, 6.45) is 4.08. The molecule has 2 unspecified atom stereocenters. The van der Waals surface area contributed by atoms with Gasteiger partial charge in [0.1, 0.15) is 6.10 Å². The topological polar surface area (TPSA) is 54.5 Å². The number of aryl methyl sites for hydroxylation is 2. The van der Waals surface area contributed by atoms with E-state index in [-0.39, 0.29) is 28.3 Å². The molecular weight excluding hydrogens is 389 g/mol. The highest BCUT2D eigenvalue weighted by molar-refractivity contribution is 7.10. The number of alkyl carbamates (subject to hydrolysis) is 1. The van der Waals surface area contributed by atoms with Crippen molar-refractivity contribution in [3.05, 3.63) is 51.7 Å². The number of ether oxygens (including phenoxy) is 1. The van der Waals surface area contributed by atoms with E-state index < -0.39 is 0 Å². The van der Waals surface area contributed by atoms with Gasteiger partial charge in [-0.25, -0.2) is 4.79 Å². The predicted octanol–water partition coefficient (Wildman–Crippen LogP) is 4.26. The van der Waals surface area contributed by atoms with Crippen molar-refractivity contribution >= 4 is 17.4 Å². The van der Waals surface area contributed by atoms with Crippen LogP contribution in [0.5, 0.6) is 0 Å². The van der Waals surface area contributed by atoms with Crippen LogP contribution in [-0.2, 0) is 16.7 Å². The quantitative estimate of drug-likeness (QED) is 0.763. The molecule has 4 heterocycles. The van der Waals surface area contributed by atoms with E-state index in [1.54, 1.807) is 0 Å². The second kappa shape index (κ2) is 7.69. The van der Waals surface area contributed by atoms with Crippen LogP contribution in [0.15, 0.2) is 30.5 Å². The van der Waals surface area contributed by atoms with Gasteiger partial charge in [-0.1, -0.05) is 6.07 Å². The largest absolute Gasteiger partial charge is 0.444 e. The maximum Gasteiger partial charge on any atom is 0.407 e. The SMILES string of the molecule is Cc1ccc(C(C)(C)N2CCC(CCc3ccc(F)s3)(C3CNC(=O)O3)C2)cn1. The normalized spacial score (nSPS) is 25.2. The van der Waals surface area contributed by atoms with Crippen molar-refractivity contribution in [3.8, 4) is 0 Å². The summed E-state index contributed by atoms with van der Waals surface area (Å²) in [6, 6.07) is 7.59. The van der Waals surface area contributed by atoms with Gasteiger partial charge in [0.2, 0.25) is 0 Å². The number of nitrogens with one attached hydrogen (secondary N) is 1. The Kier molecular flexibility index (Phi) is 5.38. The first kappa shape index (κ1) is 20.3. The summed E-state index contributed by atoms with van der Waals surface area (Å²) in [6.45, 7) is 8.74. The van der Waals surface area contributed by atoms with E-state index in [0.717, 1.165) is 42.9 Å². The van der Waals surface area contributed by atoms with E-state index in [9.17, 15) is 9.18 Å². The number of hydrogen-bond donors (Lipinski definition) is 1. The lowest BCUT2D eigenvalue weighted by Gasteiger charge is -2.39. The molecule has 0 aromatic carbocycles. The van der Waals surface area contributed by atoms with Crippen molar-refractivity contribution in [1.82, 2.24) is 15.2 Å². The van der Waals surface area contributed by atoms with Crippen molar-refractivity contribution in [2.45, 2.75) is 51.7 Å². The number of hydrogen-bond acceptors (Lipinski definition) is 5. The lowest BCUT2D eigenvalue weighted by molar-refractivity contribution is 0.0280. The van der Waals surface area contributed by atoms with Crippen LogP contribution in [0.4, 0.5) is 9.18 Å². The summed E-state index contributed by atoms with van der Waals surface area (Å²) in [5.41, 5.74) is 1.87. The molecule has 1 N–H and O–H groups in total. The molecule has 156 valence electrons. The van der Waals surface area contributed by atoms with Crippen molar-refractivity contribution in [2.75, 3.05) is 19.6 Å². The van der Waals surface area contributed by atoms with Crippen LogP contribution in [0.3, 0.4) is 0 Å². The first-order valence-corrected chi connectivity index (χ1v) is 11.0. The average Bonchev–Trinajstić information content (AvgIpc) is 3.41. The van der Waals surface area contributed by atoms with Gasteiger partial charge >= 0.3 is 6.09 Å². The minimum atomic E-state index is -0.336. The highest BCUT2D eigenvalue weighted by Crippen LogP contribution is 2.45. The number of pyridine rings is 1. The molecule has 0 saturated carbocycles. The molecule has 7 heteroatoms. The third kappa shape index (κ3) is 4.03. The molecule has 29 heavy (non-hydrogen) atoms. The maximum atomic E-state index is 13.4. The van der Waals surface area contributed by atoms with Gasteiger partial charge in [0.25, 0.3) is 0 Å². The summed E-state index contributed by atoms with van der Waals surface area (Å²) >= 11 is 1.21. The summed E-state index contributed by atoms with van der Waals surface area (Å²) < 4.78 is 19.1. The number of thiophene rings is 1. The molecule has 0 aliphatic carbocycles. The van der Waals surface area contributed by atoms with Crippen molar-refractivity contribution in [2.24, 2.45) is 5.41 Å². The van der Waals surface area contributed by atoms with Gasteiger partial charge in [0, 0.05) is 34.3 Å². The number of rotatable bonds is 6. The molecule has 0 spiro atoms. The fraction of sp³-hybridized carbons (Fsp3) is 0.545. The third-order valence-electron chi connectivity index (χ3n) is 6.66. The lowest BCUT2D eigenvalue weighted by atomic mass is 9.76. The summed E-state index contributed by atoms with van der Waals surface area (Å²) in [5.74, 6) is 0. The number of nitrogens with zero attached hydrogens (tertiary/aromatic N) is 2. The molecule has 2 aromatic rings. The standard InChI is InChI=1S/C22H28FN3O2S/c1-15-4-5-16(12-24-15)21(2,3)26-11-10-22(14-26,18-13-25-20(27)28-18)9-8-17-6-7-19(23)29-17/h4-7,12,18H,8-11,13-14H2,1-3H3,(H,25,27). The van der Waals surface area contributed by atoms with Gasteiger partial charge in [-0.2, -0.15) is 4.39 Å². The molecule has 2 saturated heterocycles. The lowest BCUT2D eigenvalue weighted by Crippen LogP contribution is -2.45. The smallest absolute Gasteiger partial charge is 0.407 e. The van der Waals surface area contributed by atoms with Crippen LogP contribution < -0.4 is 5.32 Å². The van der Waals surface area contributed by atoms with Gasteiger partial charge in [-0.05, 0) is 70.3 Å². The number of aromatic nitrogens is 1. The van der Waals surface area contributed by atoms with E-state index in [0.29, 0.717) is 6.54 Å². The number of cyclic esters (lactones) is 1. The van der Waals surface area contributed by atoms with E-state index in [2.05, 4.69) is 41.2 Å². The Morgan fingerprint density at radius 3 is 2.83 bits per heavy atom. The van der Waals surface area contributed by atoms with Crippen LogP contribution in [0.2, 0.25) is 0 Å². The molecule has 2 aliphatic heterocycles. The molecular formula is C22H28FN3O2S. The predicted molar refractivity (Wildman–Crippen MR) is 111 cm³/mol. The highest BCUT2D eigenvalue weighted by Gasteiger charge is 2.51. The van der Waals surface area contributed by atoms with E-state index in [1.807, 2.05) is 19.2 Å². The molecule has 2 fully saturated rings. The Morgan fingerprint density at radius 2 is 2.21 bits per heavy atom. The number of carbonyl (C=O) groups is 1. The third-order valence-corrected chi connectivity index (χ3v) is 7.59. The average molecular weight is 418 g/mol. The Bertz CT molecular complexity index is 882. The van der Waals surface area contributed by atoms with Crippen LogP contribution in [0.1, 0.15) is 42.8 Å². The van der Waals surface area contributed by atoms with Crippen LogP contribution in [0.25, 0.3) is 0 Å². The van der Waals surface area contributed by atoms with Crippen molar-refractivity contribution in [3.63, 3.8) is 0 Å². The Balaban J connectivity index is 1.55. The minimum absolute atomic E-state index is 0.144. The van der Waals surface area contributed by atoms with Crippen LogP contribution in [0, 0.1) is 17.5 Å². The highest BCUT2D eigenvalue weighted by atomic mass is 32.1. The molecule has 2 aliphatic rings. The molecule has 2 atom stereocenters. The van der Waals surface area contributed by atoms with Gasteiger partial charge in [-0.3, -0.25) is 9.88 Å². The zero-order chi connectivity index (χ0) is 20.6. The summed E-state index contributed by atoms with van der Waals surface area (Å²) in [7, 11) is 0. The number of amides is 1. The first-order chi connectivity index (χ1) is 13.8. The maximum absolute atomic E-state index is 13.4. The van der Waals surface area contributed by atoms with Gasteiger partial charge in [0.15, 0.2) is 5.13 Å². The number of likely N-dealkylation sites (tertiary alicyclic amines) is 1. The van der Waals surface area contributed by atoms with Gasteiger partial charge in [-0.15, -0.1) is 11.3 Å². The fourth-order valence-corrected chi connectivity index (χ4v) is 5.33. The molecule has 0 bridgehead atoms. The number of halogens is 1. The molecule has 0 radical (unpaired) electrons. The number of carbonyl (C=O) groups excluding carboxylic acids is 1. The fourth-order valence-electron chi connectivity index (χ4n) is 4.60. The zero-order valence-electron chi connectivity index (χ0n) is 17.2. The summed E-state index contributed by atoms with van der Waals surface area (Å²) in [5, 5.41) is 2.67. The molecule has 5 nitrogen and oxygen atoms in total.